The number of hydrogen-bond donors (Lipinski definition) is 0. The lowest BCUT2D eigenvalue weighted by Crippen LogP contribution is -2.51. The standard InChI is InChI=1S/C27H48N4O5/c1-7-26(8-2,30-22(32)20-28(6)24(30)34)16-12-14-18-36-19-15-13-17-27(9-3,10-4)31-23(33)21-29(11-5)25(31)35/h7-21H2,1-6H3. The summed E-state index contributed by atoms with van der Waals surface area (Å²) >= 11 is 0. The number of likely N-dealkylation sites (N-methyl/N-ethyl adjacent to an activating group) is 2. The topological polar surface area (TPSA) is 90.5 Å². The molecule has 0 spiro atoms. The van der Waals surface area contributed by atoms with Crippen molar-refractivity contribution in [2.45, 2.75) is 110 Å². The van der Waals surface area contributed by atoms with Gasteiger partial charge in [-0.05, 0) is 71.1 Å². The molecule has 2 rings (SSSR count). The third-order valence-electron chi connectivity index (χ3n) is 8.50. The number of carbonyl (C=O) groups excluding carboxylic acids is 4. The number of amides is 6. The normalized spacial score (nSPS) is 17.4. The molecule has 0 radical (unpaired) electrons. The zero-order valence-electron chi connectivity index (χ0n) is 23.4. The van der Waals surface area contributed by atoms with Crippen molar-refractivity contribution in [3.05, 3.63) is 0 Å². The summed E-state index contributed by atoms with van der Waals surface area (Å²) in [6, 6.07) is -0.337. The van der Waals surface area contributed by atoms with E-state index in [1.807, 2.05) is 6.92 Å². The van der Waals surface area contributed by atoms with Crippen LogP contribution >= 0.6 is 0 Å². The van der Waals surface area contributed by atoms with Crippen LogP contribution in [0.3, 0.4) is 0 Å². The molecule has 206 valence electrons. The monoisotopic (exact) mass is 508 g/mol. The van der Waals surface area contributed by atoms with Gasteiger partial charge in [0.05, 0.1) is 11.1 Å². The summed E-state index contributed by atoms with van der Waals surface area (Å²) in [6.07, 6.45) is 8.15. The molecule has 0 aromatic rings. The smallest absolute Gasteiger partial charge is 0.327 e. The molecule has 9 nitrogen and oxygen atoms in total. The van der Waals surface area contributed by atoms with Gasteiger partial charge in [-0.15, -0.1) is 0 Å². The molecule has 0 atom stereocenters. The highest BCUT2D eigenvalue weighted by molar-refractivity contribution is 6.03. The van der Waals surface area contributed by atoms with Gasteiger partial charge < -0.3 is 14.5 Å². The minimum atomic E-state index is -0.416. The number of hydrogen-bond acceptors (Lipinski definition) is 5. The SMILES string of the molecule is CCN1CC(=O)N(C(CC)(CC)CCCCOCCCCC(CC)(CC)N2C(=O)CN(C)C2=O)C1=O. The number of imide groups is 2. The summed E-state index contributed by atoms with van der Waals surface area (Å²) in [5.74, 6) is -0.182. The van der Waals surface area contributed by atoms with Gasteiger partial charge in [-0.2, -0.15) is 0 Å². The predicted octanol–water partition coefficient (Wildman–Crippen LogP) is 4.64. The maximum atomic E-state index is 12.8. The molecule has 0 aromatic carbocycles. The predicted molar refractivity (Wildman–Crippen MR) is 140 cm³/mol. The molecule has 9 heteroatoms. The Balaban J connectivity index is 1.74. The summed E-state index contributed by atoms with van der Waals surface area (Å²) < 4.78 is 5.87. The van der Waals surface area contributed by atoms with Gasteiger partial charge in [-0.3, -0.25) is 19.4 Å². The van der Waals surface area contributed by atoms with Gasteiger partial charge in [0, 0.05) is 26.8 Å². The average Bonchev–Trinajstić information content (AvgIpc) is 3.31. The Morgan fingerprint density at radius 1 is 0.667 bits per heavy atom. The largest absolute Gasteiger partial charge is 0.381 e. The lowest BCUT2D eigenvalue weighted by atomic mass is 9.85. The van der Waals surface area contributed by atoms with Gasteiger partial charge in [0.1, 0.15) is 13.1 Å². The van der Waals surface area contributed by atoms with E-state index in [-0.39, 0.29) is 37.0 Å². The molecule has 0 unspecified atom stereocenters. The van der Waals surface area contributed by atoms with Crippen LogP contribution in [0.4, 0.5) is 9.59 Å². The first-order valence-electron chi connectivity index (χ1n) is 13.9. The first kappa shape index (κ1) is 30.1. The van der Waals surface area contributed by atoms with Crippen LogP contribution in [0, 0.1) is 0 Å². The van der Waals surface area contributed by atoms with E-state index < -0.39 is 11.1 Å². The minimum absolute atomic E-state index is 0.0824. The average molecular weight is 509 g/mol. The van der Waals surface area contributed by atoms with Crippen LogP contribution in [0.25, 0.3) is 0 Å². The van der Waals surface area contributed by atoms with Crippen LogP contribution in [0.2, 0.25) is 0 Å². The fraction of sp³-hybridized carbons (Fsp3) is 0.852. The first-order chi connectivity index (χ1) is 17.2. The van der Waals surface area contributed by atoms with E-state index in [1.54, 1.807) is 11.9 Å². The molecular weight excluding hydrogens is 460 g/mol. The van der Waals surface area contributed by atoms with E-state index in [4.69, 9.17) is 4.74 Å². The summed E-state index contributed by atoms with van der Waals surface area (Å²) in [7, 11) is 1.68. The number of unbranched alkanes of at least 4 members (excludes halogenated alkanes) is 2. The van der Waals surface area contributed by atoms with E-state index in [0.29, 0.717) is 19.8 Å². The van der Waals surface area contributed by atoms with Gasteiger partial charge in [0.15, 0.2) is 0 Å². The maximum Gasteiger partial charge on any atom is 0.327 e. The molecule has 36 heavy (non-hydrogen) atoms. The molecule has 0 aromatic heterocycles. The highest BCUT2D eigenvalue weighted by atomic mass is 16.5. The number of carbonyl (C=O) groups is 4. The zero-order chi connectivity index (χ0) is 26.9. The van der Waals surface area contributed by atoms with Crippen LogP contribution in [0.5, 0.6) is 0 Å². The Bertz CT molecular complexity index is 778. The van der Waals surface area contributed by atoms with Crippen LogP contribution in [-0.4, -0.2) is 94.4 Å². The third-order valence-corrected chi connectivity index (χ3v) is 8.50. The van der Waals surface area contributed by atoms with Crippen molar-refractivity contribution in [3.8, 4) is 0 Å². The molecule has 0 saturated carbocycles. The minimum Gasteiger partial charge on any atom is -0.381 e. The van der Waals surface area contributed by atoms with Crippen LogP contribution in [0.15, 0.2) is 0 Å². The second-order valence-corrected chi connectivity index (χ2v) is 10.3. The van der Waals surface area contributed by atoms with E-state index in [1.165, 1.54) is 14.7 Å². The van der Waals surface area contributed by atoms with E-state index in [9.17, 15) is 19.2 Å². The maximum absolute atomic E-state index is 12.8. The Labute approximate surface area is 217 Å². The zero-order valence-corrected chi connectivity index (χ0v) is 23.4. The fourth-order valence-corrected chi connectivity index (χ4v) is 5.83. The fourth-order valence-electron chi connectivity index (χ4n) is 5.83. The summed E-state index contributed by atoms with van der Waals surface area (Å²) in [4.78, 5) is 56.5. The second kappa shape index (κ2) is 13.4. The van der Waals surface area contributed by atoms with E-state index in [2.05, 4.69) is 27.7 Å². The molecule has 0 aliphatic carbocycles. The quantitative estimate of drug-likeness (QED) is 0.211. The molecule has 0 N–H and O–H groups in total. The van der Waals surface area contributed by atoms with Gasteiger partial charge in [0.2, 0.25) is 0 Å². The van der Waals surface area contributed by atoms with Crippen molar-refractivity contribution in [1.82, 2.24) is 19.6 Å². The molecule has 6 amide bonds. The summed E-state index contributed by atoms with van der Waals surface area (Å²) in [6.45, 7) is 12.3. The Morgan fingerprint density at radius 3 is 1.47 bits per heavy atom. The highest BCUT2D eigenvalue weighted by Crippen LogP contribution is 2.35. The van der Waals surface area contributed by atoms with Gasteiger partial charge in [0.25, 0.3) is 11.8 Å². The molecule has 2 fully saturated rings. The Kier molecular flexibility index (Phi) is 11.2. The highest BCUT2D eigenvalue weighted by Gasteiger charge is 2.47. The van der Waals surface area contributed by atoms with Crippen molar-refractivity contribution >= 4 is 23.9 Å². The molecule has 2 saturated heterocycles. The van der Waals surface area contributed by atoms with Crippen molar-refractivity contribution in [3.63, 3.8) is 0 Å². The van der Waals surface area contributed by atoms with Crippen molar-refractivity contribution in [2.75, 3.05) is 39.9 Å². The summed E-state index contributed by atoms with van der Waals surface area (Å²) in [5, 5.41) is 0. The van der Waals surface area contributed by atoms with Gasteiger partial charge in [-0.1, -0.05) is 27.7 Å². The molecule has 0 bridgehead atoms. The van der Waals surface area contributed by atoms with Crippen LogP contribution in [-0.2, 0) is 14.3 Å². The lowest BCUT2D eigenvalue weighted by Gasteiger charge is -2.39. The first-order valence-corrected chi connectivity index (χ1v) is 13.9. The van der Waals surface area contributed by atoms with Crippen molar-refractivity contribution in [2.24, 2.45) is 0 Å². The van der Waals surface area contributed by atoms with E-state index in [0.717, 1.165) is 64.2 Å². The van der Waals surface area contributed by atoms with Gasteiger partial charge in [-0.25, -0.2) is 9.59 Å². The number of nitrogens with zero attached hydrogens (tertiary/aromatic N) is 4. The molecular formula is C27H48N4O5. The van der Waals surface area contributed by atoms with E-state index >= 15 is 0 Å². The number of ether oxygens (including phenoxy) is 1. The van der Waals surface area contributed by atoms with Crippen molar-refractivity contribution < 1.29 is 23.9 Å². The van der Waals surface area contributed by atoms with Gasteiger partial charge >= 0.3 is 12.1 Å². The molecule has 2 aliphatic heterocycles. The number of urea groups is 2. The van der Waals surface area contributed by atoms with Crippen LogP contribution in [0.1, 0.15) is 98.8 Å². The Morgan fingerprint density at radius 2 is 1.11 bits per heavy atom. The molecule has 2 aliphatic rings. The summed E-state index contributed by atoms with van der Waals surface area (Å²) in [5.41, 5.74) is -0.833. The van der Waals surface area contributed by atoms with Crippen molar-refractivity contribution in [1.29, 1.82) is 0 Å². The van der Waals surface area contributed by atoms with Crippen LogP contribution < -0.4 is 0 Å². The second-order valence-electron chi connectivity index (χ2n) is 10.3. The number of rotatable bonds is 17. The Hall–Kier alpha value is -2.16. The molecule has 2 heterocycles. The third kappa shape index (κ3) is 6.21. The lowest BCUT2D eigenvalue weighted by molar-refractivity contribution is -0.131.